The molecular weight excluding hydrogens is 264 g/mol. The first-order valence-corrected chi connectivity index (χ1v) is 6.97. The minimum atomic E-state index is 0.0265. The van der Waals surface area contributed by atoms with Crippen LogP contribution in [0, 0.1) is 0 Å². The SMILES string of the molecule is NCc1ccc(OCC(=O)N2CCCCC2)c(Cl)c1. The van der Waals surface area contributed by atoms with Gasteiger partial charge in [0, 0.05) is 19.6 Å². The van der Waals surface area contributed by atoms with E-state index in [1.54, 1.807) is 12.1 Å². The van der Waals surface area contributed by atoms with E-state index in [0.717, 1.165) is 31.5 Å². The van der Waals surface area contributed by atoms with Crippen molar-refractivity contribution in [1.82, 2.24) is 4.90 Å². The largest absolute Gasteiger partial charge is 0.482 e. The van der Waals surface area contributed by atoms with Crippen molar-refractivity contribution in [1.29, 1.82) is 0 Å². The Morgan fingerprint density at radius 3 is 2.68 bits per heavy atom. The summed E-state index contributed by atoms with van der Waals surface area (Å²) in [4.78, 5) is 13.8. The third-order valence-electron chi connectivity index (χ3n) is 3.29. The monoisotopic (exact) mass is 282 g/mol. The maximum atomic E-state index is 11.9. The number of halogens is 1. The molecule has 1 amide bonds. The first kappa shape index (κ1) is 14.2. The van der Waals surface area contributed by atoms with Gasteiger partial charge < -0.3 is 15.4 Å². The van der Waals surface area contributed by atoms with Crippen molar-refractivity contribution in [3.8, 4) is 5.75 Å². The maximum Gasteiger partial charge on any atom is 0.260 e. The maximum absolute atomic E-state index is 11.9. The van der Waals surface area contributed by atoms with Gasteiger partial charge in [0.25, 0.3) is 5.91 Å². The van der Waals surface area contributed by atoms with Crippen LogP contribution in [0.5, 0.6) is 5.75 Å². The minimum Gasteiger partial charge on any atom is -0.482 e. The number of hydrogen-bond acceptors (Lipinski definition) is 3. The molecule has 0 saturated carbocycles. The second-order valence-electron chi connectivity index (χ2n) is 4.70. The van der Waals surface area contributed by atoms with Gasteiger partial charge in [-0.2, -0.15) is 0 Å². The molecule has 0 bridgehead atoms. The molecule has 0 radical (unpaired) electrons. The van der Waals surface area contributed by atoms with Gasteiger partial charge in [-0.25, -0.2) is 0 Å². The Balaban J connectivity index is 1.89. The van der Waals surface area contributed by atoms with Crippen LogP contribution < -0.4 is 10.5 Å². The number of nitrogens with zero attached hydrogens (tertiary/aromatic N) is 1. The number of carbonyl (C=O) groups excluding carboxylic acids is 1. The van der Waals surface area contributed by atoms with Crippen LogP contribution in [0.4, 0.5) is 0 Å². The van der Waals surface area contributed by atoms with Crippen LogP contribution >= 0.6 is 11.6 Å². The molecule has 0 spiro atoms. The third kappa shape index (κ3) is 3.85. The summed E-state index contributed by atoms with van der Waals surface area (Å²) in [6.45, 7) is 2.15. The number of likely N-dealkylation sites (tertiary alicyclic amines) is 1. The van der Waals surface area contributed by atoms with Gasteiger partial charge in [0.2, 0.25) is 0 Å². The van der Waals surface area contributed by atoms with E-state index in [2.05, 4.69) is 0 Å². The predicted molar refractivity (Wildman–Crippen MR) is 75.3 cm³/mol. The normalized spacial score (nSPS) is 15.4. The molecule has 19 heavy (non-hydrogen) atoms. The van der Waals surface area contributed by atoms with Crippen molar-refractivity contribution in [2.45, 2.75) is 25.8 Å². The fourth-order valence-electron chi connectivity index (χ4n) is 2.16. The van der Waals surface area contributed by atoms with Gasteiger partial charge in [0.1, 0.15) is 5.75 Å². The van der Waals surface area contributed by atoms with Crippen LogP contribution in [0.25, 0.3) is 0 Å². The van der Waals surface area contributed by atoms with Crippen molar-refractivity contribution in [2.75, 3.05) is 19.7 Å². The summed E-state index contributed by atoms with van der Waals surface area (Å²) in [5.41, 5.74) is 6.47. The van der Waals surface area contributed by atoms with Crippen LogP contribution in [-0.4, -0.2) is 30.5 Å². The fraction of sp³-hybridized carbons (Fsp3) is 0.500. The lowest BCUT2D eigenvalue weighted by molar-refractivity contribution is -0.134. The molecule has 0 unspecified atom stereocenters. The lowest BCUT2D eigenvalue weighted by atomic mass is 10.1. The first-order chi connectivity index (χ1) is 9.20. The number of ether oxygens (including phenoxy) is 1. The first-order valence-electron chi connectivity index (χ1n) is 6.60. The lowest BCUT2D eigenvalue weighted by Gasteiger charge is -2.26. The van der Waals surface area contributed by atoms with Gasteiger partial charge in [0.05, 0.1) is 5.02 Å². The Hall–Kier alpha value is -1.26. The van der Waals surface area contributed by atoms with Gasteiger partial charge in [0.15, 0.2) is 6.61 Å². The molecule has 0 atom stereocenters. The van der Waals surface area contributed by atoms with Crippen LogP contribution in [0.15, 0.2) is 18.2 Å². The van der Waals surface area contributed by atoms with Crippen LogP contribution in [0.2, 0.25) is 5.02 Å². The number of hydrogen-bond donors (Lipinski definition) is 1. The quantitative estimate of drug-likeness (QED) is 0.921. The van der Waals surface area contributed by atoms with E-state index in [9.17, 15) is 4.79 Å². The van der Waals surface area contributed by atoms with E-state index in [4.69, 9.17) is 22.1 Å². The van der Waals surface area contributed by atoms with Gasteiger partial charge in [-0.1, -0.05) is 17.7 Å². The number of piperidine rings is 1. The molecule has 1 aliphatic rings. The zero-order valence-corrected chi connectivity index (χ0v) is 11.7. The van der Waals surface area contributed by atoms with E-state index in [1.807, 2.05) is 11.0 Å². The highest BCUT2D eigenvalue weighted by atomic mass is 35.5. The summed E-state index contributed by atoms with van der Waals surface area (Å²) in [5, 5.41) is 0.495. The molecule has 1 fully saturated rings. The third-order valence-corrected chi connectivity index (χ3v) is 3.59. The Labute approximate surface area is 118 Å². The van der Waals surface area contributed by atoms with Gasteiger partial charge >= 0.3 is 0 Å². The van der Waals surface area contributed by atoms with E-state index < -0.39 is 0 Å². The molecule has 0 aliphatic carbocycles. The standard InChI is InChI=1S/C14H19ClN2O2/c15-12-8-11(9-16)4-5-13(12)19-10-14(18)17-6-2-1-3-7-17/h4-5,8H,1-3,6-7,9-10,16H2. The van der Waals surface area contributed by atoms with Crippen molar-refractivity contribution >= 4 is 17.5 Å². The van der Waals surface area contributed by atoms with Crippen molar-refractivity contribution in [3.63, 3.8) is 0 Å². The Kier molecular flexibility index (Phi) is 5.05. The van der Waals surface area contributed by atoms with Crippen molar-refractivity contribution in [2.24, 2.45) is 5.73 Å². The summed E-state index contributed by atoms with van der Waals surface area (Å²) < 4.78 is 5.49. The number of rotatable bonds is 4. The molecule has 1 aromatic rings. The molecule has 1 heterocycles. The summed E-state index contributed by atoms with van der Waals surface area (Å²) in [5.74, 6) is 0.558. The highest BCUT2D eigenvalue weighted by molar-refractivity contribution is 6.32. The molecular formula is C14H19ClN2O2. The highest BCUT2D eigenvalue weighted by Gasteiger charge is 2.17. The average molecular weight is 283 g/mol. The van der Waals surface area contributed by atoms with E-state index in [0.29, 0.717) is 17.3 Å². The van der Waals surface area contributed by atoms with Gasteiger partial charge in [-0.05, 0) is 37.0 Å². The second kappa shape index (κ2) is 6.78. The summed E-state index contributed by atoms with van der Waals surface area (Å²) in [6.07, 6.45) is 3.37. The molecule has 5 heteroatoms. The summed E-state index contributed by atoms with van der Waals surface area (Å²) >= 11 is 6.07. The van der Waals surface area contributed by atoms with E-state index in [-0.39, 0.29) is 12.5 Å². The summed E-state index contributed by atoms with van der Waals surface area (Å²) in [7, 11) is 0. The highest BCUT2D eigenvalue weighted by Crippen LogP contribution is 2.25. The molecule has 4 nitrogen and oxygen atoms in total. The predicted octanol–water partition coefficient (Wildman–Crippen LogP) is 2.19. The number of benzene rings is 1. The van der Waals surface area contributed by atoms with Gasteiger partial charge in [-0.15, -0.1) is 0 Å². The number of amides is 1. The number of nitrogens with two attached hydrogens (primary N) is 1. The van der Waals surface area contributed by atoms with E-state index in [1.165, 1.54) is 6.42 Å². The zero-order chi connectivity index (χ0) is 13.7. The van der Waals surface area contributed by atoms with Crippen LogP contribution in [-0.2, 0) is 11.3 Å². The van der Waals surface area contributed by atoms with Gasteiger partial charge in [-0.3, -0.25) is 4.79 Å². The molecule has 0 aromatic heterocycles. The zero-order valence-electron chi connectivity index (χ0n) is 10.9. The van der Waals surface area contributed by atoms with Crippen LogP contribution in [0.1, 0.15) is 24.8 Å². The Morgan fingerprint density at radius 1 is 1.32 bits per heavy atom. The molecule has 2 rings (SSSR count). The average Bonchev–Trinajstić information content (AvgIpc) is 2.46. The molecule has 104 valence electrons. The lowest BCUT2D eigenvalue weighted by Crippen LogP contribution is -2.38. The smallest absolute Gasteiger partial charge is 0.260 e. The fourth-order valence-corrected chi connectivity index (χ4v) is 2.42. The van der Waals surface area contributed by atoms with Crippen molar-refractivity contribution in [3.05, 3.63) is 28.8 Å². The molecule has 2 N–H and O–H groups in total. The molecule has 1 saturated heterocycles. The number of carbonyl (C=O) groups is 1. The van der Waals surface area contributed by atoms with E-state index >= 15 is 0 Å². The molecule has 1 aromatic carbocycles. The van der Waals surface area contributed by atoms with Crippen molar-refractivity contribution < 1.29 is 9.53 Å². The minimum absolute atomic E-state index is 0.0265. The Morgan fingerprint density at radius 2 is 2.05 bits per heavy atom. The topological polar surface area (TPSA) is 55.6 Å². The summed E-state index contributed by atoms with van der Waals surface area (Å²) in [6, 6.07) is 5.38. The van der Waals surface area contributed by atoms with Crippen LogP contribution in [0.3, 0.4) is 0 Å². The second-order valence-corrected chi connectivity index (χ2v) is 5.11. The Bertz CT molecular complexity index is 445. The molecule has 1 aliphatic heterocycles.